The van der Waals surface area contributed by atoms with E-state index < -0.39 is 0 Å². The van der Waals surface area contributed by atoms with Crippen molar-refractivity contribution in [3.05, 3.63) is 52.8 Å². The summed E-state index contributed by atoms with van der Waals surface area (Å²) < 4.78 is 0. The molecule has 1 aromatic carbocycles. The predicted octanol–water partition coefficient (Wildman–Crippen LogP) is 3.39. The summed E-state index contributed by atoms with van der Waals surface area (Å²) in [6.45, 7) is 8.83. The Morgan fingerprint density at radius 1 is 1.00 bits per heavy atom. The Morgan fingerprint density at radius 3 is 2.56 bits per heavy atom. The number of aromatic nitrogens is 1. The lowest BCUT2D eigenvalue weighted by atomic mass is 10.0. The zero-order valence-electron chi connectivity index (χ0n) is 14.9. The van der Waals surface area contributed by atoms with Gasteiger partial charge in [-0.3, -0.25) is 9.88 Å². The maximum absolute atomic E-state index is 9.80. The highest BCUT2D eigenvalue weighted by Crippen LogP contribution is 2.29. The first-order valence-corrected chi connectivity index (χ1v) is 9.08. The van der Waals surface area contributed by atoms with Crippen LogP contribution in [-0.2, 0) is 6.42 Å². The van der Waals surface area contributed by atoms with Crippen LogP contribution in [-0.4, -0.2) is 47.2 Å². The number of piperazine rings is 1. The van der Waals surface area contributed by atoms with Gasteiger partial charge in [0.05, 0.1) is 17.6 Å². The largest absolute Gasteiger partial charge is 0.508 e. The molecule has 0 spiro atoms. The SMILES string of the molecule is CC(C)N1CCN(c2cnc3c(c2)Cc2cc(O)ccc2C=C3)CC1. The van der Waals surface area contributed by atoms with Gasteiger partial charge in [-0.15, -0.1) is 0 Å². The molecule has 1 aliphatic heterocycles. The molecule has 1 N–H and O–H groups in total. The monoisotopic (exact) mass is 335 g/mol. The number of pyridine rings is 1. The topological polar surface area (TPSA) is 39.6 Å². The Labute approximate surface area is 149 Å². The number of benzene rings is 1. The molecular formula is C21H25N3O. The zero-order chi connectivity index (χ0) is 17.4. The fraction of sp³-hybridized carbons (Fsp3) is 0.381. The molecule has 1 aliphatic carbocycles. The number of rotatable bonds is 2. The van der Waals surface area contributed by atoms with Crippen LogP contribution in [0.1, 0.15) is 36.2 Å². The molecule has 2 heterocycles. The van der Waals surface area contributed by atoms with Crippen molar-refractivity contribution in [2.75, 3.05) is 31.1 Å². The van der Waals surface area contributed by atoms with Gasteiger partial charge in [0.15, 0.2) is 0 Å². The molecule has 2 aromatic rings. The van der Waals surface area contributed by atoms with Crippen molar-refractivity contribution < 1.29 is 5.11 Å². The fourth-order valence-corrected chi connectivity index (χ4v) is 3.75. The van der Waals surface area contributed by atoms with Gasteiger partial charge in [-0.05, 0) is 54.8 Å². The maximum Gasteiger partial charge on any atom is 0.115 e. The van der Waals surface area contributed by atoms with Crippen LogP contribution in [0.2, 0.25) is 0 Å². The molecule has 4 nitrogen and oxygen atoms in total. The third-order valence-electron chi connectivity index (χ3n) is 5.32. The lowest BCUT2D eigenvalue weighted by molar-refractivity contribution is 0.209. The third-order valence-corrected chi connectivity index (χ3v) is 5.32. The van der Waals surface area contributed by atoms with E-state index in [4.69, 9.17) is 4.98 Å². The van der Waals surface area contributed by atoms with E-state index in [2.05, 4.69) is 41.9 Å². The third kappa shape index (κ3) is 3.27. The number of fused-ring (bicyclic) bond motifs is 2. The van der Waals surface area contributed by atoms with Crippen LogP contribution >= 0.6 is 0 Å². The van der Waals surface area contributed by atoms with E-state index in [1.807, 2.05) is 18.3 Å². The van der Waals surface area contributed by atoms with Crippen LogP contribution in [0, 0.1) is 0 Å². The standard InChI is InChI=1S/C21H25N3O/c1-15(2)23-7-9-24(10-8-23)19-12-18-11-17-13-20(25)5-3-16(17)4-6-21(18)22-14-19/h3-6,12-15,25H,7-11H2,1-2H3. The second kappa shape index (κ2) is 6.52. The Bertz CT molecular complexity index is 805. The second-order valence-electron chi connectivity index (χ2n) is 7.25. The number of phenols is 1. The van der Waals surface area contributed by atoms with Crippen molar-refractivity contribution in [1.82, 2.24) is 9.88 Å². The van der Waals surface area contributed by atoms with Gasteiger partial charge in [0.1, 0.15) is 5.75 Å². The van der Waals surface area contributed by atoms with E-state index in [9.17, 15) is 5.11 Å². The molecule has 2 aliphatic rings. The molecular weight excluding hydrogens is 310 g/mol. The Kier molecular flexibility index (Phi) is 4.22. The quantitative estimate of drug-likeness (QED) is 0.779. The Balaban J connectivity index is 1.59. The van der Waals surface area contributed by atoms with E-state index in [-0.39, 0.29) is 0 Å². The summed E-state index contributed by atoms with van der Waals surface area (Å²) in [6, 6.07) is 8.46. The fourth-order valence-electron chi connectivity index (χ4n) is 3.75. The molecule has 0 bridgehead atoms. The van der Waals surface area contributed by atoms with Gasteiger partial charge < -0.3 is 10.0 Å². The van der Waals surface area contributed by atoms with Crippen molar-refractivity contribution in [3.8, 4) is 5.75 Å². The molecule has 4 rings (SSSR count). The van der Waals surface area contributed by atoms with E-state index in [0.717, 1.165) is 49.4 Å². The number of nitrogens with zero attached hydrogens (tertiary/aromatic N) is 3. The molecule has 1 saturated heterocycles. The number of hydrogen-bond donors (Lipinski definition) is 1. The van der Waals surface area contributed by atoms with Crippen LogP contribution in [0.5, 0.6) is 5.75 Å². The highest BCUT2D eigenvalue weighted by atomic mass is 16.3. The van der Waals surface area contributed by atoms with E-state index in [1.165, 1.54) is 11.3 Å². The molecule has 130 valence electrons. The smallest absolute Gasteiger partial charge is 0.115 e. The molecule has 1 aromatic heterocycles. The van der Waals surface area contributed by atoms with Gasteiger partial charge in [0.25, 0.3) is 0 Å². The normalized spacial score (nSPS) is 17.3. The maximum atomic E-state index is 9.80. The molecule has 0 saturated carbocycles. The van der Waals surface area contributed by atoms with Gasteiger partial charge in [-0.2, -0.15) is 0 Å². The van der Waals surface area contributed by atoms with Gasteiger partial charge in [-0.25, -0.2) is 0 Å². The van der Waals surface area contributed by atoms with Crippen molar-refractivity contribution in [2.45, 2.75) is 26.3 Å². The van der Waals surface area contributed by atoms with Gasteiger partial charge in [0, 0.05) is 38.6 Å². The molecule has 0 amide bonds. The van der Waals surface area contributed by atoms with E-state index in [0.29, 0.717) is 11.8 Å². The average Bonchev–Trinajstić information content (AvgIpc) is 2.79. The first-order chi connectivity index (χ1) is 12.1. The molecule has 0 radical (unpaired) electrons. The summed E-state index contributed by atoms with van der Waals surface area (Å²) in [7, 11) is 0. The summed E-state index contributed by atoms with van der Waals surface area (Å²) in [5, 5.41) is 9.80. The van der Waals surface area contributed by atoms with Gasteiger partial charge >= 0.3 is 0 Å². The van der Waals surface area contributed by atoms with Crippen molar-refractivity contribution in [1.29, 1.82) is 0 Å². The highest BCUT2D eigenvalue weighted by Gasteiger charge is 2.20. The van der Waals surface area contributed by atoms with Crippen LogP contribution in [0.15, 0.2) is 30.5 Å². The summed E-state index contributed by atoms with van der Waals surface area (Å²) in [6.07, 6.45) is 6.98. The first kappa shape index (κ1) is 16.2. The summed E-state index contributed by atoms with van der Waals surface area (Å²) in [5.74, 6) is 0.324. The van der Waals surface area contributed by atoms with Gasteiger partial charge in [0.2, 0.25) is 0 Å². The minimum absolute atomic E-state index is 0.324. The predicted molar refractivity (Wildman–Crippen MR) is 103 cm³/mol. The first-order valence-electron chi connectivity index (χ1n) is 9.08. The number of aromatic hydroxyl groups is 1. The average molecular weight is 335 g/mol. The molecule has 0 unspecified atom stereocenters. The lowest BCUT2D eigenvalue weighted by Gasteiger charge is -2.38. The summed E-state index contributed by atoms with van der Waals surface area (Å²) in [5.41, 5.74) is 5.77. The van der Waals surface area contributed by atoms with Crippen LogP contribution in [0.4, 0.5) is 5.69 Å². The molecule has 25 heavy (non-hydrogen) atoms. The highest BCUT2D eigenvalue weighted by molar-refractivity contribution is 5.75. The Hall–Kier alpha value is -2.33. The van der Waals surface area contributed by atoms with Crippen molar-refractivity contribution in [2.24, 2.45) is 0 Å². The number of anilines is 1. The van der Waals surface area contributed by atoms with Crippen LogP contribution in [0.25, 0.3) is 12.2 Å². The summed E-state index contributed by atoms with van der Waals surface area (Å²) >= 11 is 0. The summed E-state index contributed by atoms with van der Waals surface area (Å²) in [4.78, 5) is 9.67. The van der Waals surface area contributed by atoms with Crippen LogP contribution < -0.4 is 4.90 Å². The number of hydrogen-bond acceptors (Lipinski definition) is 4. The zero-order valence-corrected chi connectivity index (χ0v) is 14.9. The number of phenolic OH excluding ortho intramolecular Hbond substituents is 1. The van der Waals surface area contributed by atoms with Crippen molar-refractivity contribution >= 4 is 17.8 Å². The molecule has 1 fully saturated rings. The van der Waals surface area contributed by atoms with Crippen molar-refractivity contribution in [3.63, 3.8) is 0 Å². The van der Waals surface area contributed by atoms with Crippen LogP contribution in [0.3, 0.4) is 0 Å². The Morgan fingerprint density at radius 2 is 1.80 bits per heavy atom. The molecule has 0 atom stereocenters. The van der Waals surface area contributed by atoms with E-state index >= 15 is 0 Å². The van der Waals surface area contributed by atoms with E-state index in [1.54, 1.807) is 6.07 Å². The minimum Gasteiger partial charge on any atom is -0.508 e. The second-order valence-corrected chi connectivity index (χ2v) is 7.25. The lowest BCUT2D eigenvalue weighted by Crippen LogP contribution is -2.48. The molecule has 4 heteroatoms. The minimum atomic E-state index is 0.324. The van der Waals surface area contributed by atoms with Gasteiger partial charge in [-0.1, -0.05) is 12.1 Å².